The monoisotopic (exact) mass is 768 g/mol. The third kappa shape index (κ3) is 26.0. The lowest BCUT2D eigenvalue weighted by Gasteiger charge is -2.13. The van der Waals surface area contributed by atoms with E-state index in [2.05, 4.69) is 6.92 Å². The van der Waals surface area contributed by atoms with Crippen molar-refractivity contribution in [2.24, 2.45) is 0 Å². The maximum Gasteiger partial charge on any atom is 0.261 e. The zero-order chi connectivity index (χ0) is 38.4. The second kappa shape index (κ2) is 36.6. The van der Waals surface area contributed by atoms with Crippen LogP contribution in [0.25, 0.3) is 0 Å². The highest BCUT2D eigenvalue weighted by Crippen LogP contribution is 2.22. The zero-order valence-corrected chi connectivity index (χ0v) is 33.6. The first-order chi connectivity index (χ1) is 26.8. The molecule has 12 heteroatoms. The van der Waals surface area contributed by atoms with Gasteiger partial charge >= 0.3 is 0 Å². The standard InChI is InChI=1S/C42H73NO11/c1-2-3-4-5-6-7-8-9-10-11-12-13-14-17-21-46-23-25-48-27-29-50-31-33-52-35-37-54-38-36-53-34-32-51-30-28-49-26-24-47-22-20-43-41(44)39-18-15-16-19-40(39)42(43)45/h15-16,18-19H,2-14,17,20-38H2,1H3. The van der Waals surface area contributed by atoms with Crippen LogP contribution < -0.4 is 0 Å². The molecule has 2 amide bonds. The fraction of sp³-hybridized carbons (Fsp3) is 0.810. The number of nitrogens with zero attached hydrogens (tertiary/aromatic N) is 1. The summed E-state index contributed by atoms with van der Waals surface area (Å²) in [4.78, 5) is 25.9. The van der Waals surface area contributed by atoms with Gasteiger partial charge in [-0.25, -0.2) is 0 Å². The second-order valence-corrected chi connectivity index (χ2v) is 13.4. The van der Waals surface area contributed by atoms with E-state index in [1.807, 2.05) is 0 Å². The van der Waals surface area contributed by atoms with Gasteiger partial charge < -0.3 is 42.6 Å². The minimum Gasteiger partial charge on any atom is -0.379 e. The van der Waals surface area contributed by atoms with E-state index >= 15 is 0 Å². The van der Waals surface area contributed by atoms with Crippen LogP contribution in [0.15, 0.2) is 24.3 Å². The Morgan fingerprint density at radius 1 is 0.352 bits per heavy atom. The molecule has 312 valence electrons. The second-order valence-electron chi connectivity index (χ2n) is 13.4. The Morgan fingerprint density at radius 3 is 0.926 bits per heavy atom. The first-order valence-electron chi connectivity index (χ1n) is 20.9. The van der Waals surface area contributed by atoms with Crippen LogP contribution in [0.2, 0.25) is 0 Å². The topological polar surface area (TPSA) is 120 Å². The van der Waals surface area contributed by atoms with Gasteiger partial charge in [-0.2, -0.15) is 0 Å². The molecular weight excluding hydrogens is 694 g/mol. The molecule has 1 aromatic rings. The number of hydrogen-bond acceptors (Lipinski definition) is 11. The van der Waals surface area contributed by atoms with Crippen molar-refractivity contribution < 1.29 is 52.2 Å². The van der Waals surface area contributed by atoms with Crippen molar-refractivity contribution in [1.29, 1.82) is 0 Å². The minimum atomic E-state index is -0.272. The summed E-state index contributed by atoms with van der Waals surface area (Å²) in [6, 6.07) is 6.84. The van der Waals surface area contributed by atoms with Crippen LogP contribution in [-0.4, -0.2) is 142 Å². The number of unbranched alkanes of at least 4 members (excludes halogenated alkanes) is 13. The first kappa shape index (κ1) is 48.1. The molecule has 2 rings (SSSR count). The molecule has 0 unspecified atom stereocenters. The molecule has 12 nitrogen and oxygen atoms in total. The number of amides is 2. The van der Waals surface area contributed by atoms with Crippen LogP contribution in [0.4, 0.5) is 0 Å². The average molecular weight is 768 g/mol. The maximum atomic E-state index is 12.3. The summed E-state index contributed by atoms with van der Waals surface area (Å²) in [7, 11) is 0. The van der Waals surface area contributed by atoms with Gasteiger partial charge in [0.05, 0.1) is 130 Å². The average Bonchev–Trinajstić information content (AvgIpc) is 3.43. The van der Waals surface area contributed by atoms with Gasteiger partial charge in [0.1, 0.15) is 0 Å². The molecule has 0 fully saturated rings. The zero-order valence-electron chi connectivity index (χ0n) is 33.6. The highest BCUT2D eigenvalue weighted by molar-refractivity contribution is 6.21. The molecule has 0 atom stereocenters. The number of hydrogen-bond donors (Lipinski definition) is 0. The Balaban J connectivity index is 1.15. The van der Waals surface area contributed by atoms with E-state index < -0.39 is 0 Å². The molecule has 0 N–H and O–H groups in total. The minimum absolute atomic E-state index is 0.219. The molecule has 0 spiro atoms. The number of benzene rings is 1. The van der Waals surface area contributed by atoms with E-state index in [1.165, 1.54) is 88.4 Å². The van der Waals surface area contributed by atoms with Crippen LogP contribution in [-0.2, 0) is 42.6 Å². The Bertz CT molecular complexity index is 979. The molecule has 0 bridgehead atoms. The number of rotatable bonds is 42. The van der Waals surface area contributed by atoms with E-state index in [1.54, 1.807) is 24.3 Å². The van der Waals surface area contributed by atoms with Gasteiger partial charge in [-0.15, -0.1) is 0 Å². The number of ether oxygens (including phenoxy) is 9. The molecule has 1 aliphatic rings. The third-order valence-electron chi connectivity index (χ3n) is 8.96. The summed E-state index contributed by atoms with van der Waals surface area (Å²) in [5, 5.41) is 0. The van der Waals surface area contributed by atoms with Crippen LogP contribution in [0.1, 0.15) is 118 Å². The molecule has 1 aliphatic heterocycles. The molecule has 1 heterocycles. The lowest BCUT2D eigenvalue weighted by Crippen LogP contribution is -2.33. The predicted molar refractivity (Wildman–Crippen MR) is 209 cm³/mol. The normalized spacial score (nSPS) is 12.7. The fourth-order valence-electron chi connectivity index (χ4n) is 5.86. The van der Waals surface area contributed by atoms with E-state index in [9.17, 15) is 9.59 Å². The van der Waals surface area contributed by atoms with Crippen molar-refractivity contribution in [3.05, 3.63) is 35.4 Å². The van der Waals surface area contributed by atoms with Crippen molar-refractivity contribution in [1.82, 2.24) is 4.90 Å². The quantitative estimate of drug-likeness (QED) is 0.0510. The SMILES string of the molecule is CCCCCCCCCCCCCCCCOCCOCCOCCOCCOCCOCCOCCOCCOCCN1C(=O)c2ccccc2C1=O. The highest BCUT2D eigenvalue weighted by Gasteiger charge is 2.34. The number of carbonyl (C=O) groups excluding carboxylic acids is 2. The van der Waals surface area contributed by atoms with Gasteiger partial charge in [0.15, 0.2) is 0 Å². The van der Waals surface area contributed by atoms with Gasteiger partial charge in [-0.05, 0) is 18.6 Å². The fourth-order valence-corrected chi connectivity index (χ4v) is 5.86. The maximum absolute atomic E-state index is 12.3. The summed E-state index contributed by atoms with van der Waals surface area (Å²) in [5.41, 5.74) is 0.894. The van der Waals surface area contributed by atoms with Crippen LogP contribution in [0.3, 0.4) is 0 Å². The number of imide groups is 1. The summed E-state index contributed by atoms with van der Waals surface area (Å²) < 4.78 is 49.8. The molecule has 0 saturated carbocycles. The molecule has 0 saturated heterocycles. The number of fused-ring (bicyclic) bond motifs is 1. The lowest BCUT2D eigenvalue weighted by molar-refractivity contribution is -0.0252. The predicted octanol–water partition coefficient (Wildman–Crippen LogP) is 6.91. The Hall–Kier alpha value is -2.00. The van der Waals surface area contributed by atoms with Crippen LogP contribution >= 0.6 is 0 Å². The van der Waals surface area contributed by atoms with Crippen molar-refractivity contribution in [2.75, 3.05) is 125 Å². The van der Waals surface area contributed by atoms with Gasteiger partial charge in [0.25, 0.3) is 11.8 Å². The van der Waals surface area contributed by atoms with E-state index in [4.69, 9.17) is 42.6 Å². The van der Waals surface area contributed by atoms with Crippen LogP contribution in [0.5, 0.6) is 0 Å². The van der Waals surface area contributed by atoms with Gasteiger partial charge in [-0.3, -0.25) is 14.5 Å². The molecular formula is C42H73NO11. The number of carbonyl (C=O) groups is 2. The summed E-state index contributed by atoms with van der Waals surface area (Å²) in [6.45, 7) is 11.6. The highest BCUT2D eigenvalue weighted by atomic mass is 16.6. The Morgan fingerprint density at radius 2 is 0.611 bits per heavy atom. The summed E-state index contributed by atoms with van der Waals surface area (Å²) in [5.74, 6) is -0.545. The third-order valence-corrected chi connectivity index (χ3v) is 8.96. The smallest absolute Gasteiger partial charge is 0.261 e. The molecule has 1 aromatic carbocycles. The Kier molecular flexibility index (Phi) is 32.7. The lowest BCUT2D eigenvalue weighted by atomic mass is 10.0. The van der Waals surface area contributed by atoms with Crippen molar-refractivity contribution in [3.8, 4) is 0 Å². The van der Waals surface area contributed by atoms with Crippen LogP contribution in [0, 0.1) is 0 Å². The molecule has 0 radical (unpaired) electrons. The molecule has 54 heavy (non-hydrogen) atoms. The molecule has 0 aliphatic carbocycles. The van der Waals surface area contributed by atoms with Gasteiger partial charge in [-0.1, -0.05) is 103 Å². The Labute approximate surface area is 326 Å². The first-order valence-corrected chi connectivity index (χ1v) is 20.9. The van der Waals surface area contributed by atoms with Crippen molar-refractivity contribution >= 4 is 11.8 Å². The summed E-state index contributed by atoms with van der Waals surface area (Å²) in [6.07, 6.45) is 19.2. The van der Waals surface area contributed by atoms with Crippen molar-refractivity contribution in [2.45, 2.75) is 96.8 Å². The largest absolute Gasteiger partial charge is 0.379 e. The van der Waals surface area contributed by atoms with Gasteiger partial charge in [0, 0.05) is 6.61 Å². The van der Waals surface area contributed by atoms with Gasteiger partial charge in [0.2, 0.25) is 0 Å². The van der Waals surface area contributed by atoms with E-state index in [-0.39, 0.29) is 25.0 Å². The van der Waals surface area contributed by atoms with E-state index in [0.717, 1.165) is 13.0 Å². The molecule has 0 aromatic heterocycles. The van der Waals surface area contributed by atoms with E-state index in [0.29, 0.717) is 117 Å². The summed E-state index contributed by atoms with van der Waals surface area (Å²) >= 11 is 0. The van der Waals surface area contributed by atoms with Crippen molar-refractivity contribution in [3.63, 3.8) is 0 Å².